The topological polar surface area (TPSA) is 73.6 Å². The van der Waals surface area contributed by atoms with Crippen molar-refractivity contribution < 1.29 is 9.53 Å². The van der Waals surface area contributed by atoms with E-state index in [0.29, 0.717) is 25.7 Å². The lowest BCUT2D eigenvalue weighted by Crippen LogP contribution is -2.14. The van der Waals surface area contributed by atoms with Crippen LogP contribution in [0.5, 0.6) is 0 Å². The van der Waals surface area contributed by atoms with Gasteiger partial charge in [-0.15, -0.1) is 0 Å². The number of hydrogen-bond donors (Lipinski definition) is 0. The molecule has 3 rings (SSSR count). The Balaban J connectivity index is 1.66. The van der Waals surface area contributed by atoms with Crippen molar-refractivity contribution in [2.45, 2.75) is 13.5 Å². The normalized spacial score (nSPS) is 11.3. The van der Waals surface area contributed by atoms with Crippen molar-refractivity contribution in [1.82, 2.24) is 14.6 Å². The number of esters is 1. The second-order valence-corrected chi connectivity index (χ2v) is 6.90. The SMILES string of the molecule is Cc1cc(=O)n2nc(COC(=O)/C=C/c3ccc(Cl)c(Cl)c3)sc2n1. The predicted molar refractivity (Wildman–Crippen MR) is 97.2 cm³/mol. The summed E-state index contributed by atoms with van der Waals surface area (Å²) in [6, 6.07) is 6.40. The van der Waals surface area contributed by atoms with Crippen molar-refractivity contribution in [1.29, 1.82) is 0 Å². The first kappa shape index (κ1) is 17.6. The molecule has 2 heterocycles. The Kier molecular flexibility index (Phi) is 5.17. The van der Waals surface area contributed by atoms with Gasteiger partial charge in [-0.05, 0) is 30.7 Å². The summed E-state index contributed by atoms with van der Waals surface area (Å²) in [5.74, 6) is -0.540. The third kappa shape index (κ3) is 4.25. The molecule has 9 heteroatoms. The average Bonchev–Trinajstić information content (AvgIpc) is 2.97. The summed E-state index contributed by atoms with van der Waals surface area (Å²) in [5.41, 5.74) is 1.06. The van der Waals surface area contributed by atoms with Crippen LogP contribution in [0.25, 0.3) is 11.0 Å². The van der Waals surface area contributed by atoms with E-state index in [0.717, 1.165) is 5.56 Å². The van der Waals surface area contributed by atoms with Gasteiger partial charge in [-0.25, -0.2) is 9.78 Å². The quantitative estimate of drug-likeness (QED) is 0.498. The molecule has 0 aliphatic heterocycles. The number of nitrogens with zero attached hydrogens (tertiary/aromatic N) is 3. The third-order valence-electron chi connectivity index (χ3n) is 3.11. The number of ether oxygens (including phenoxy) is 1. The minimum absolute atomic E-state index is 0.0446. The summed E-state index contributed by atoms with van der Waals surface area (Å²) < 4.78 is 6.31. The zero-order valence-corrected chi connectivity index (χ0v) is 15.2. The van der Waals surface area contributed by atoms with Gasteiger partial charge in [0.25, 0.3) is 5.56 Å². The highest BCUT2D eigenvalue weighted by atomic mass is 35.5. The molecular weight excluding hydrogens is 385 g/mol. The van der Waals surface area contributed by atoms with E-state index in [4.69, 9.17) is 27.9 Å². The molecule has 0 aliphatic carbocycles. The lowest BCUT2D eigenvalue weighted by Gasteiger charge is -1.99. The maximum atomic E-state index is 11.8. The molecule has 0 amide bonds. The monoisotopic (exact) mass is 395 g/mol. The van der Waals surface area contributed by atoms with Crippen LogP contribution in [0, 0.1) is 6.92 Å². The molecular formula is C16H11Cl2N3O3S. The Morgan fingerprint density at radius 1 is 1.32 bits per heavy atom. The van der Waals surface area contributed by atoms with E-state index in [1.54, 1.807) is 31.2 Å². The van der Waals surface area contributed by atoms with Crippen molar-refractivity contribution in [2.24, 2.45) is 0 Å². The van der Waals surface area contributed by atoms with Crippen LogP contribution in [-0.4, -0.2) is 20.6 Å². The van der Waals surface area contributed by atoms with E-state index in [1.165, 1.54) is 28.0 Å². The minimum atomic E-state index is -0.540. The fraction of sp³-hybridized carbons (Fsp3) is 0.125. The molecule has 3 aromatic rings. The van der Waals surface area contributed by atoms with Crippen LogP contribution in [0.4, 0.5) is 0 Å². The van der Waals surface area contributed by atoms with E-state index in [9.17, 15) is 9.59 Å². The predicted octanol–water partition coefficient (Wildman–Crippen LogP) is 3.52. The molecule has 25 heavy (non-hydrogen) atoms. The van der Waals surface area contributed by atoms with Gasteiger partial charge in [0.2, 0.25) is 4.96 Å². The van der Waals surface area contributed by atoms with E-state index < -0.39 is 5.97 Å². The van der Waals surface area contributed by atoms with Crippen molar-refractivity contribution in [3.63, 3.8) is 0 Å². The van der Waals surface area contributed by atoms with Gasteiger partial charge >= 0.3 is 5.97 Å². The number of halogens is 2. The molecule has 0 unspecified atom stereocenters. The molecule has 0 fully saturated rings. The van der Waals surface area contributed by atoms with Gasteiger partial charge in [0.05, 0.1) is 10.0 Å². The van der Waals surface area contributed by atoms with E-state index in [2.05, 4.69) is 10.1 Å². The molecule has 1 aromatic carbocycles. The van der Waals surface area contributed by atoms with Gasteiger partial charge in [0.15, 0.2) is 5.01 Å². The van der Waals surface area contributed by atoms with Crippen LogP contribution in [0.1, 0.15) is 16.3 Å². The van der Waals surface area contributed by atoms with Crippen LogP contribution in [0.3, 0.4) is 0 Å². The zero-order valence-electron chi connectivity index (χ0n) is 12.9. The molecule has 0 bridgehead atoms. The Hall–Kier alpha value is -2.22. The highest BCUT2D eigenvalue weighted by Crippen LogP contribution is 2.23. The number of carbonyl (C=O) groups excluding carboxylic acids is 1. The molecule has 0 radical (unpaired) electrons. The van der Waals surface area contributed by atoms with Gasteiger partial charge in [0, 0.05) is 17.8 Å². The van der Waals surface area contributed by atoms with E-state index >= 15 is 0 Å². The summed E-state index contributed by atoms with van der Waals surface area (Å²) in [7, 11) is 0. The lowest BCUT2D eigenvalue weighted by molar-refractivity contribution is -0.138. The van der Waals surface area contributed by atoms with Crippen LogP contribution < -0.4 is 5.56 Å². The summed E-state index contributed by atoms with van der Waals surface area (Å²) in [5, 5.41) is 5.41. The Morgan fingerprint density at radius 2 is 2.12 bits per heavy atom. The Bertz CT molecular complexity index is 1040. The maximum Gasteiger partial charge on any atom is 0.331 e. The van der Waals surface area contributed by atoms with Crippen molar-refractivity contribution in [3.05, 3.63) is 67.0 Å². The van der Waals surface area contributed by atoms with Crippen LogP contribution in [0.15, 0.2) is 35.1 Å². The molecule has 0 saturated heterocycles. The largest absolute Gasteiger partial charge is 0.455 e. The molecule has 6 nitrogen and oxygen atoms in total. The second kappa shape index (κ2) is 7.35. The average molecular weight is 396 g/mol. The second-order valence-electron chi connectivity index (χ2n) is 5.04. The van der Waals surface area contributed by atoms with Crippen molar-refractivity contribution >= 4 is 51.5 Å². The Labute approximate surface area is 156 Å². The van der Waals surface area contributed by atoms with Gasteiger partial charge in [0.1, 0.15) is 6.61 Å². The number of aryl methyl sites for hydroxylation is 1. The molecule has 0 spiro atoms. The summed E-state index contributed by atoms with van der Waals surface area (Å²) in [6.45, 7) is 1.69. The number of benzene rings is 1. The fourth-order valence-electron chi connectivity index (χ4n) is 1.98. The molecule has 0 aliphatic rings. The van der Waals surface area contributed by atoms with Crippen LogP contribution >= 0.6 is 34.5 Å². The fourth-order valence-corrected chi connectivity index (χ4v) is 3.14. The first-order chi connectivity index (χ1) is 11.9. The van der Waals surface area contributed by atoms with Crippen LogP contribution in [-0.2, 0) is 16.1 Å². The summed E-state index contributed by atoms with van der Waals surface area (Å²) in [6.07, 6.45) is 2.85. The minimum Gasteiger partial charge on any atom is -0.455 e. The number of aromatic nitrogens is 3. The first-order valence-electron chi connectivity index (χ1n) is 7.08. The van der Waals surface area contributed by atoms with Gasteiger partial charge in [-0.2, -0.15) is 9.61 Å². The Morgan fingerprint density at radius 3 is 2.88 bits per heavy atom. The number of fused-ring (bicyclic) bond motifs is 1. The van der Waals surface area contributed by atoms with Gasteiger partial charge in [-0.1, -0.05) is 40.6 Å². The standard InChI is InChI=1S/C16H11Cl2N3O3S/c1-9-6-14(22)21-16(19-9)25-13(20-21)8-24-15(23)5-3-10-2-4-11(17)12(18)7-10/h2-7H,8H2,1H3/b5-3+. The van der Waals surface area contributed by atoms with Crippen LogP contribution in [0.2, 0.25) is 10.0 Å². The third-order valence-corrected chi connectivity index (χ3v) is 4.73. The highest BCUT2D eigenvalue weighted by molar-refractivity contribution is 7.16. The van der Waals surface area contributed by atoms with E-state index in [-0.39, 0.29) is 12.2 Å². The molecule has 0 N–H and O–H groups in total. The lowest BCUT2D eigenvalue weighted by atomic mass is 10.2. The van der Waals surface area contributed by atoms with E-state index in [1.807, 2.05) is 0 Å². The maximum absolute atomic E-state index is 11.8. The smallest absolute Gasteiger partial charge is 0.331 e. The molecule has 2 aromatic heterocycles. The van der Waals surface area contributed by atoms with Crippen molar-refractivity contribution in [2.75, 3.05) is 0 Å². The number of rotatable bonds is 4. The van der Waals surface area contributed by atoms with Crippen molar-refractivity contribution in [3.8, 4) is 0 Å². The van der Waals surface area contributed by atoms with Gasteiger partial charge in [-0.3, -0.25) is 4.79 Å². The molecule has 0 saturated carbocycles. The molecule has 128 valence electrons. The molecule has 0 atom stereocenters. The highest BCUT2D eigenvalue weighted by Gasteiger charge is 2.09. The zero-order chi connectivity index (χ0) is 18.0. The first-order valence-corrected chi connectivity index (χ1v) is 8.66. The van der Waals surface area contributed by atoms with Gasteiger partial charge < -0.3 is 4.74 Å². The summed E-state index contributed by atoms with van der Waals surface area (Å²) in [4.78, 5) is 28.3. The summed E-state index contributed by atoms with van der Waals surface area (Å²) >= 11 is 12.9. The number of carbonyl (C=O) groups is 1. The number of hydrogen-bond acceptors (Lipinski definition) is 6.